The maximum atomic E-state index is 12.9. The number of fused-ring (bicyclic) bond motifs is 1. The van der Waals surface area contributed by atoms with Gasteiger partial charge in [0.1, 0.15) is 12.2 Å². The third-order valence-corrected chi connectivity index (χ3v) is 2.94. The molecule has 19 heavy (non-hydrogen) atoms. The van der Waals surface area contributed by atoms with Gasteiger partial charge in [-0.1, -0.05) is 15.9 Å². The smallest absolute Gasteiger partial charge is 0.325 e. The molecule has 0 aliphatic heterocycles. The molecule has 0 saturated heterocycles. The standard InChI is InChI=1S/C11H7BrF2N2O3/c12-5-1-2-6-7(3-5)9(10(13)14)15-16(11(6)19)4-8(17)18/h1-3,10H,4H2,(H,17,18). The Morgan fingerprint density at radius 2 is 2.11 bits per heavy atom. The minimum Gasteiger partial charge on any atom is -0.480 e. The second-order valence-electron chi connectivity index (χ2n) is 3.73. The lowest BCUT2D eigenvalue weighted by Gasteiger charge is -2.09. The van der Waals surface area contributed by atoms with Crippen molar-refractivity contribution in [1.82, 2.24) is 9.78 Å². The predicted octanol–water partition coefficient (Wildman–Crippen LogP) is 2.18. The third kappa shape index (κ3) is 2.62. The van der Waals surface area contributed by atoms with Crippen LogP contribution in [0.5, 0.6) is 0 Å². The molecule has 0 aliphatic rings. The minimum absolute atomic E-state index is 0.00903. The number of benzene rings is 1. The largest absolute Gasteiger partial charge is 0.480 e. The van der Waals surface area contributed by atoms with Gasteiger partial charge >= 0.3 is 5.97 Å². The van der Waals surface area contributed by atoms with Crippen LogP contribution in [0.25, 0.3) is 10.8 Å². The van der Waals surface area contributed by atoms with E-state index in [1.807, 2.05) is 0 Å². The number of halogens is 3. The first kappa shape index (κ1) is 13.6. The molecule has 1 aromatic carbocycles. The van der Waals surface area contributed by atoms with Crippen molar-refractivity contribution < 1.29 is 18.7 Å². The molecule has 100 valence electrons. The van der Waals surface area contributed by atoms with Crippen LogP contribution in [0.1, 0.15) is 12.1 Å². The number of alkyl halides is 2. The number of nitrogens with zero attached hydrogens (tertiary/aromatic N) is 2. The average Bonchev–Trinajstić information content (AvgIpc) is 2.31. The summed E-state index contributed by atoms with van der Waals surface area (Å²) in [5, 5.41) is 12.1. The highest BCUT2D eigenvalue weighted by Gasteiger charge is 2.19. The monoisotopic (exact) mass is 332 g/mol. The van der Waals surface area contributed by atoms with Gasteiger partial charge in [-0.2, -0.15) is 5.10 Å². The number of hydrogen-bond donors (Lipinski definition) is 1. The maximum Gasteiger partial charge on any atom is 0.325 e. The Morgan fingerprint density at radius 3 is 2.68 bits per heavy atom. The van der Waals surface area contributed by atoms with Crippen molar-refractivity contribution in [3.8, 4) is 0 Å². The van der Waals surface area contributed by atoms with Gasteiger partial charge in [-0.3, -0.25) is 9.59 Å². The Balaban J connectivity index is 2.82. The van der Waals surface area contributed by atoms with Crippen molar-refractivity contribution in [3.05, 3.63) is 38.7 Å². The Bertz CT molecular complexity index is 715. The molecule has 0 saturated carbocycles. The Hall–Kier alpha value is -1.83. The molecule has 1 heterocycles. The van der Waals surface area contributed by atoms with E-state index >= 15 is 0 Å². The average molecular weight is 333 g/mol. The number of rotatable bonds is 3. The SMILES string of the molecule is O=C(O)Cn1nc(C(F)F)c2cc(Br)ccc2c1=O. The molecule has 0 unspecified atom stereocenters. The fourth-order valence-corrected chi connectivity index (χ4v) is 2.04. The van der Waals surface area contributed by atoms with E-state index in [1.165, 1.54) is 18.2 Å². The molecule has 0 amide bonds. The van der Waals surface area contributed by atoms with Gasteiger partial charge in [0.15, 0.2) is 0 Å². The van der Waals surface area contributed by atoms with Crippen LogP contribution < -0.4 is 5.56 Å². The van der Waals surface area contributed by atoms with Gasteiger partial charge in [0, 0.05) is 9.86 Å². The van der Waals surface area contributed by atoms with Crippen LogP contribution in [-0.2, 0) is 11.3 Å². The molecule has 0 radical (unpaired) electrons. The van der Waals surface area contributed by atoms with E-state index in [2.05, 4.69) is 21.0 Å². The molecular formula is C11H7BrF2N2O3. The van der Waals surface area contributed by atoms with Gasteiger partial charge in [0.05, 0.1) is 5.39 Å². The molecule has 0 aliphatic carbocycles. The second-order valence-corrected chi connectivity index (χ2v) is 4.65. The molecule has 8 heteroatoms. The van der Waals surface area contributed by atoms with Crippen LogP contribution in [0.4, 0.5) is 8.78 Å². The minimum atomic E-state index is -2.91. The van der Waals surface area contributed by atoms with Crippen LogP contribution in [0.3, 0.4) is 0 Å². The number of hydrogen-bond acceptors (Lipinski definition) is 3. The van der Waals surface area contributed by atoms with Crippen molar-refractivity contribution in [2.24, 2.45) is 0 Å². The highest BCUT2D eigenvalue weighted by atomic mass is 79.9. The molecule has 1 N–H and O–H groups in total. The number of carboxylic acid groups (broad SMARTS) is 1. The first-order valence-corrected chi connectivity index (χ1v) is 5.89. The van der Waals surface area contributed by atoms with Crippen molar-refractivity contribution in [1.29, 1.82) is 0 Å². The predicted molar refractivity (Wildman–Crippen MR) is 66.3 cm³/mol. The Kier molecular flexibility index (Phi) is 3.61. The lowest BCUT2D eigenvalue weighted by molar-refractivity contribution is -0.138. The molecule has 0 spiro atoms. The van der Waals surface area contributed by atoms with Crippen LogP contribution in [-0.4, -0.2) is 20.9 Å². The Labute approximate surface area is 113 Å². The van der Waals surface area contributed by atoms with E-state index in [0.717, 1.165) is 0 Å². The summed E-state index contributed by atoms with van der Waals surface area (Å²) < 4.78 is 26.9. The van der Waals surface area contributed by atoms with Crippen LogP contribution in [0.2, 0.25) is 0 Å². The quantitative estimate of drug-likeness (QED) is 0.935. The number of carbonyl (C=O) groups is 1. The number of carboxylic acids is 1. The van der Waals surface area contributed by atoms with Gasteiger partial charge in [0.2, 0.25) is 0 Å². The van der Waals surface area contributed by atoms with E-state index in [9.17, 15) is 18.4 Å². The molecule has 2 aromatic rings. The lowest BCUT2D eigenvalue weighted by Crippen LogP contribution is -2.28. The summed E-state index contributed by atoms with van der Waals surface area (Å²) >= 11 is 3.12. The summed E-state index contributed by atoms with van der Waals surface area (Å²) in [6.45, 7) is -0.759. The summed E-state index contributed by atoms with van der Waals surface area (Å²) in [7, 11) is 0. The fraction of sp³-hybridized carbons (Fsp3) is 0.182. The van der Waals surface area contributed by atoms with E-state index in [4.69, 9.17) is 5.11 Å². The zero-order valence-electron chi connectivity index (χ0n) is 9.31. The summed E-state index contributed by atoms with van der Waals surface area (Å²) in [6.07, 6.45) is -2.91. The van der Waals surface area contributed by atoms with Crippen molar-refractivity contribution in [2.75, 3.05) is 0 Å². The first-order valence-electron chi connectivity index (χ1n) is 5.10. The van der Waals surface area contributed by atoms with Crippen molar-refractivity contribution in [2.45, 2.75) is 13.0 Å². The van der Waals surface area contributed by atoms with Gasteiger partial charge in [-0.15, -0.1) is 0 Å². The third-order valence-electron chi connectivity index (χ3n) is 2.44. The molecule has 0 bridgehead atoms. The lowest BCUT2D eigenvalue weighted by atomic mass is 10.1. The van der Waals surface area contributed by atoms with Gasteiger partial charge in [-0.05, 0) is 18.2 Å². The topological polar surface area (TPSA) is 72.2 Å². The van der Waals surface area contributed by atoms with Crippen molar-refractivity contribution in [3.63, 3.8) is 0 Å². The zero-order chi connectivity index (χ0) is 14.2. The van der Waals surface area contributed by atoms with E-state index in [1.54, 1.807) is 0 Å². The molecule has 5 nitrogen and oxygen atoms in total. The summed E-state index contributed by atoms with van der Waals surface area (Å²) in [5.74, 6) is -1.33. The Morgan fingerprint density at radius 1 is 1.42 bits per heavy atom. The molecule has 1 aromatic heterocycles. The van der Waals surface area contributed by atoms with Crippen LogP contribution in [0.15, 0.2) is 27.5 Å². The summed E-state index contributed by atoms with van der Waals surface area (Å²) in [6, 6.07) is 4.23. The van der Waals surface area contributed by atoms with E-state index in [0.29, 0.717) is 9.15 Å². The van der Waals surface area contributed by atoms with Crippen LogP contribution >= 0.6 is 15.9 Å². The molecular weight excluding hydrogens is 326 g/mol. The van der Waals surface area contributed by atoms with Crippen LogP contribution in [0, 0.1) is 0 Å². The highest BCUT2D eigenvalue weighted by Crippen LogP contribution is 2.26. The van der Waals surface area contributed by atoms with Gasteiger partial charge in [-0.25, -0.2) is 13.5 Å². The highest BCUT2D eigenvalue weighted by molar-refractivity contribution is 9.10. The zero-order valence-corrected chi connectivity index (χ0v) is 10.9. The van der Waals surface area contributed by atoms with Gasteiger partial charge < -0.3 is 5.11 Å². The van der Waals surface area contributed by atoms with Gasteiger partial charge in [0.25, 0.3) is 12.0 Å². The second kappa shape index (κ2) is 5.04. The molecule has 0 fully saturated rings. The number of aromatic nitrogens is 2. The fourth-order valence-electron chi connectivity index (χ4n) is 1.68. The van der Waals surface area contributed by atoms with E-state index in [-0.39, 0.29) is 10.8 Å². The number of aliphatic carboxylic acids is 1. The normalized spacial score (nSPS) is 11.2. The maximum absolute atomic E-state index is 12.9. The summed E-state index contributed by atoms with van der Waals surface area (Å²) in [4.78, 5) is 22.5. The summed E-state index contributed by atoms with van der Waals surface area (Å²) in [5.41, 5.74) is -1.33. The van der Waals surface area contributed by atoms with Crippen molar-refractivity contribution >= 4 is 32.7 Å². The molecule has 2 rings (SSSR count). The van der Waals surface area contributed by atoms with E-state index < -0.39 is 30.2 Å². The first-order chi connectivity index (χ1) is 8.90. The molecule has 0 atom stereocenters.